The van der Waals surface area contributed by atoms with Crippen molar-refractivity contribution in [2.45, 2.75) is 6.54 Å². The summed E-state index contributed by atoms with van der Waals surface area (Å²) in [6, 6.07) is 13.4. The summed E-state index contributed by atoms with van der Waals surface area (Å²) in [4.78, 5) is 11.4. The second-order valence-corrected chi connectivity index (χ2v) is 5.30. The normalized spacial score (nSPS) is 10.4. The van der Waals surface area contributed by atoms with Crippen LogP contribution in [0.2, 0.25) is 5.02 Å². The molecule has 0 aliphatic rings. The molecule has 7 heteroatoms. The average Bonchev–Trinajstić information content (AvgIpc) is 2.59. The van der Waals surface area contributed by atoms with Crippen LogP contribution in [0.1, 0.15) is 5.56 Å². The molecule has 0 saturated heterocycles. The molecule has 122 valence electrons. The SMILES string of the molecule is O=c1[nH]ncc(NCc2ccccc2Oc2ccccc2F)c1Cl. The van der Waals surface area contributed by atoms with E-state index in [2.05, 4.69) is 15.5 Å². The van der Waals surface area contributed by atoms with Crippen LogP contribution in [0, 0.1) is 5.82 Å². The quantitative estimate of drug-likeness (QED) is 0.734. The number of nitrogens with zero attached hydrogens (tertiary/aromatic N) is 1. The zero-order valence-electron chi connectivity index (χ0n) is 12.4. The Hall–Kier alpha value is -2.86. The number of nitrogens with one attached hydrogen (secondary N) is 2. The number of ether oxygens (including phenoxy) is 1. The van der Waals surface area contributed by atoms with E-state index in [1.165, 1.54) is 12.3 Å². The molecule has 0 bridgehead atoms. The van der Waals surface area contributed by atoms with Gasteiger partial charge in [-0.1, -0.05) is 41.9 Å². The largest absolute Gasteiger partial charge is 0.454 e. The number of halogens is 2. The van der Waals surface area contributed by atoms with Gasteiger partial charge in [0, 0.05) is 12.1 Å². The monoisotopic (exact) mass is 345 g/mol. The Kier molecular flexibility index (Phi) is 4.77. The molecule has 2 N–H and O–H groups in total. The topological polar surface area (TPSA) is 67.0 Å². The van der Waals surface area contributed by atoms with Gasteiger partial charge >= 0.3 is 0 Å². The minimum Gasteiger partial charge on any atom is -0.454 e. The first-order chi connectivity index (χ1) is 11.6. The lowest BCUT2D eigenvalue weighted by molar-refractivity contribution is 0.438. The van der Waals surface area contributed by atoms with Gasteiger partial charge in [0.25, 0.3) is 5.56 Å². The van der Waals surface area contributed by atoms with Gasteiger partial charge in [0.1, 0.15) is 10.8 Å². The number of hydrogen-bond donors (Lipinski definition) is 2. The Morgan fingerprint density at radius 3 is 2.62 bits per heavy atom. The third-order valence-corrected chi connectivity index (χ3v) is 3.67. The number of rotatable bonds is 5. The molecule has 1 aromatic heterocycles. The highest BCUT2D eigenvalue weighted by atomic mass is 35.5. The second kappa shape index (κ2) is 7.14. The van der Waals surface area contributed by atoms with Gasteiger partial charge in [-0.2, -0.15) is 5.10 Å². The van der Waals surface area contributed by atoms with Crippen LogP contribution in [-0.4, -0.2) is 10.2 Å². The standard InChI is InChI=1S/C17H13ClFN3O2/c18-16-13(10-21-22-17(16)23)20-9-11-5-1-3-7-14(11)24-15-8-4-2-6-12(15)19/h1-8,10H,9H2,(H2,20,22,23). The molecule has 1 heterocycles. The number of anilines is 1. The molecule has 24 heavy (non-hydrogen) atoms. The van der Waals surface area contributed by atoms with Crippen molar-refractivity contribution >= 4 is 17.3 Å². The summed E-state index contributed by atoms with van der Waals surface area (Å²) in [5.74, 6) is 0.201. The van der Waals surface area contributed by atoms with E-state index in [-0.39, 0.29) is 10.8 Å². The first-order valence-corrected chi connectivity index (χ1v) is 7.50. The molecule has 3 rings (SSSR count). The molecule has 0 spiro atoms. The van der Waals surface area contributed by atoms with Crippen LogP contribution in [0.25, 0.3) is 0 Å². The fraction of sp³-hybridized carbons (Fsp3) is 0.0588. The van der Waals surface area contributed by atoms with Crippen molar-refractivity contribution in [1.82, 2.24) is 10.2 Å². The Bertz CT molecular complexity index is 914. The minimum atomic E-state index is -0.474. The van der Waals surface area contributed by atoms with Gasteiger partial charge in [0.2, 0.25) is 0 Å². The molecule has 2 aromatic carbocycles. The van der Waals surface area contributed by atoms with Gasteiger partial charge < -0.3 is 10.1 Å². The average molecular weight is 346 g/mol. The number of aromatic nitrogens is 2. The van der Waals surface area contributed by atoms with Gasteiger partial charge in [-0.3, -0.25) is 4.79 Å². The van der Waals surface area contributed by atoms with Gasteiger partial charge in [-0.15, -0.1) is 0 Å². The number of hydrogen-bond acceptors (Lipinski definition) is 4. The van der Waals surface area contributed by atoms with Crippen molar-refractivity contribution < 1.29 is 9.13 Å². The van der Waals surface area contributed by atoms with Crippen molar-refractivity contribution in [3.05, 3.63) is 81.5 Å². The Labute approximate surface area is 142 Å². The van der Waals surface area contributed by atoms with Crippen molar-refractivity contribution in [3.63, 3.8) is 0 Å². The van der Waals surface area contributed by atoms with Crippen LogP contribution in [0.4, 0.5) is 10.1 Å². The molecule has 3 aromatic rings. The van der Waals surface area contributed by atoms with E-state index in [9.17, 15) is 9.18 Å². The molecule has 0 amide bonds. The van der Waals surface area contributed by atoms with Crippen molar-refractivity contribution in [1.29, 1.82) is 0 Å². The van der Waals surface area contributed by atoms with Gasteiger partial charge in [-0.05, 0) is 18.2 Å². The van der Waals surface area contributed by atoms with E-state index in [0.29, 0.717) is 18.0 Å². The van der Waals surface area contributed by atoms with E-state index in [1.54, 1.807) is 30.3 Å². The lowest BCUT2D eigenvalue weighted by atomic mass is 10.2. The summed E-state index contributed by atoms with van der Waals surface area (Å²) in [6.07, 6.45) is 1.42. The van der Waals surface area contributed by atoms with Crippen LogP contribution in [0.15, 0.2) is 59.5 Å². The second-order valence-electron chi connectivity index (χ2n) is 4.92. The summed E-state index contributed by atoms with van der Waals surface area (Å²) in [5, 5.41) is 8.99. The molecule has 0 saturated carbocycles. The summed E-state index contributed by atoms with van der Waals surface area (Å²) in [6.45, 7) is 0.329. The first kappa shape index (κ1) is 16.0. The molecule has 0 atom stereocenters. The zero-order chi connectivity index (χ0) is 16.9. The van der Waals surface area contributed by atoms with Crippen molar-refractivity contribution in [2.24, 2.45) is 0 Å². The maximum Gasteiger partial charge on any atom is 0.285 e. The van der Waals surface area contributed by atoms with Crippen LogP contribution in [0.3, 0.4) is 0 Å². The molecule has 0 aliphatic carbocycles. The number of aromatic amines is 1. The van der Waals surface area contributed by atoms with E-state index in [1.807, 2.05) is 12.1 Å². The minimum absolute atomic E-state index is 0.0255. The van der Waals surface area contributed by atoms with Crippen LogP contribution in [0.5, 0.6) is 11.5 Å². The van der Waals surface area contributed by atoms with E-state index in [0.717, 1.165) is 5.56 Å². The lowest BCUT2D eigenvalue weighted by Gasteiger charge is -2.13. The smallest absolute Gasteiger partial charge is 0.285 e. The maximum atomic E-state index is 13.8. The highest BCUT2D eigenvalue weighted by molar-refractivity contribution is 6.32. The summed E-state index contributed by atoms with van der Waals surface area (Å²) in [5.41, 5.74) is 0.704. The fourth-order valence-electron chi connectivity index (χ4n) is 2.09. The molecular weight excluding hydrogens is 333 g/mol. The molecule has 0 aliphatic heterocycles. The van der Waals surface area contributed by atoms with Crippen LogP contribution >= 0.6 is 11.6 Å². The van der Waals surface area contributed by atoms with Gasteiger partial charge in [0.05, 0.1) is 11.9 Å². The molecule has 0 fully saturated rings. The molecule has 5 nitrogen and oxygen atoms in total. The highest BCUT2D eigenvalue weighted by Gasteiger charge is 2.09. The van der Waals surface area contributed by atoms with Crippen LogP contribution in [-0.2, 0) is 6.54 Å². The Morgan fingerprint density at radius 1 is 1.12 bits per heavy atom. The predicted molar refractivity (Wildman–Crippen MR) is 90.1 cm³/mol. The van der Waals surface area contributed by atoms with Gasteiger partial charge in [-0.25, -0.2) is 9.49 Å². The van der Waals surface area contributed by atoms with Crippen molar-refractivity contribution in [2.75, 3.05) is 5.32 Å². The number of benzene rings is 2. The van der Waals surface area contributed by atoms with E-state index >= 15 is 0 Å². The van der Waals surface area contributed by atoms with E-state index < -0.39 is 11.4 Å². The predicted octanol–water partition coefficient (Wildman–Crippen LogP) is 3.97. The van der Waals surface area contributed by atoms with E-state index in [4.69, 9.17) is 16.3 Å². The Morgan fingerprint density at radius 2 is 1.83 bits per heavy atom. The highest BCUT2D eigenvalue weighted by Crippen LogP contribution is 2.28. The van der Waals surface area contributed by atoms with Gasteiger partial charge in [0.15, 0.2) is 11.6 Å². The summed E-state index contributed by atoms with van der Waals surface area (Å²) >= 11 is 5.92. The number of para-hydroxylation sites is 2. The fourth-order valence-corrected chi connectivity index (χ4v) is 2.25. The lowest BCUT2D eigenvalue weighted by Crippen LogP contribution is -2.12. The third kappa shape index (κ3) is 3.55. The zero-order valence-corrected chi connectivity index (χ0v) is 13.2. The third-order valence-electron chi connectivity index (χ3n) is 3.29. The molecule has 0 radical (unpaired) electrons. The molecular formula is C17H13ClFN3O2. The Balaban J connectivity index is 1.81. The summed E-state index contributed by atoms with van der Waals surface area (Å²) in [7, 11) is 0. The number of H-pyrrole nitrogens is 1. The van der Waals surface area contributed by atoms with Crippen LogP contribution < -0.4 is 15.6 Å². The maximum absolute atomic E-state index is 13.8. The first-order valence-electron chi connectivity index (χ1n) is 7.12. The van der Waals surface area contributed by atoms with Crippen molar-refractivity contribution in [3.8, 4) is 11.5 Å². The molecule has 0 unspecified atom stereocenters. The summed E-state index contributed by atoms with van der Waals surface area (Å²) < 4.78 is 19.4.